The number of rotatable bonds is 2. The number of ether oxygens (including phenoxy) is 1. The molecule has 0 spiro atoms. The van der Waals surface area contributed by atoms with E-state index in [1.165, 1.54) is 6.07 Å². The molecule has 0 aromatic heterocycles. The number of carboxylic acids is 1. The first-order chi connectivity index (χ1) is 8.09. The molecule has 0 radical (unpaired) electrons. The monoisotopic (exact) mass is 242 g/mol. The van der Waals surface area contributed by atoms with Crippen LogP contribution in [0.15, 0.2) is 18.2 Å². The molecule has 1 fully saturated rings. The summed E-state index contributed by atoms with van der Waals surface area (Å²) in [6.45, 7) is 0.394. The topological polar surface area (TPSA) is 46.5 Å². The number of carboxylic acid groups (broad SMARTS) is 1. The molecule has 1 N–H and O–H groups in total. The molecule has 2 atom stereocenters. The van der Waals surface area contributed by atoms with Crippen LogP contribution in [0.3, 0.4) is 0 Å². The van der Waals surface area contributed by atoms with Crippen LogP contribution in [0.1, 0.15) is 24.5 Å². The molecule has 1 heterocycles. The Bertz CT molecular complexity index is 434. The molecule has 92 valence electrons. The Labute approximate surface area is 97.0 Å². The van der Waals surface area contributed by atoms with Crippen molar-refractivity contribution in [2.45, 2.75) is 18.9 Å². The van der Waals surface area contributed by atoms with Crippen molar-refractivity contribution in [3.05, 3.63) is 35.4 Å². The van der Waals surface area contributed by atoms with E-state index in [4.69, 9.17) is 9.84 Å². The Morgan fingerprint density at radius 2 is 2.18 bits per heavy atom. The van der Waals surface area contributed by atoms with Crippen LogP contribution in [0.5, 0.6) is 0 Å². The average Bonchev–Trinajstić information content (AvgIpc) is 2.29. The number of carbonyl (C=O) groups is 1. The third kappa shape index (κ3) is 2.44. The van der Waals surface area contributed by atoms with Crippen LogP contribution >= 0.6 is 0 Å². The summed E-state index contributed by atoms with van der Waals surface area (Å²) in [5.41, 5.74) is 0.110. The molecule has 5 heteroatoms. The largest absolute Gasteiger partial charge is 0.481 e. The van der Waals surface area contributed by atoms with Gasteiger partial charge in [-0.2, -0.15) is 0 Å². The Morgan fingerprint density at radius 1 is 1.41 bits per heavy atom. The summed E-state index contributed by atoms with van der Waals surface area (Å²) >= 11 is 0. The highest BCUT2D eigenvalue weighted by molar-refractivity contribution is 5.71. The van der Waals surface area contributed by atoms with Gasteiger partial charge in [0.2, 0.25) is 0 Å². The third-order valence-electron chi connectivity index (χ3n) is 2.91. The van der Waals surface area contributed by atoms with Gasteiger partial charge in [0.25, 0.3) is 0 Å². The zero-order valence-corrected chi connectivity index (χ0v) is 9.03. The second kappa shape index (κ2) is 4.79. The zero-order valence-electron chi connectivity index (χ0n) is 9.03. The maximum atomic E-state index is 13.6. The first kappa shape index (κ1) is 12.0. The van der Waals surface area contributed by atoms with Crippen molar-refractivity contribution in [3.8, 4) is 0 Å². The highest BCUT2D eigenvalue weighted by Crippen LogP contribution is 2.35. The van der Waals surface area contributed by atoms with E-state index in [9.17, 15) is 13.6 Å². The Kier molecular flexibility index (Phi) is 3.38. The van der Waals surface area contributed by atoms with Crippen molar-refractivity contribution in [1.82, 2.24) is 0 Å². The van der Waals surface area contributed by atoms with E-state index >= 15 is 0 Å². The summed E-state index contributed by atoms with van der Waals surface area (Å²) in [5.74, 6) is -3.24. The average molecular weight is 242 g/mol. The second-order valence-corrected chi connectivity index (χ2v) is 4.04. The first-order valence-electron chi connectivity index (χ1n) is 5.39. The lowest BCUT2D eigenvalue weighted by Gasteiger charge is -2.29. The third-order valence-corrected chi connectivity index (χ3v) is 2.91. The maximum Gasteiger partial charge on any atom is 0.309 e. The summed E-state index contributed by atoms with van der Waals surface area (Å²) in [4.78, 5) is 11.0. The standard InChI is InChI=1S/C12H12F2O3/c13-7-3-4-8(10(14)6-7)11-9(12(15)16)2-1-5-17-11/h3-4,6,9,11H,1-2,5H2,(H,15,16). The predicted molar refractivity (Wildman–Crippen MR) is 55.4 cm³/mol. The molecule has 2 unspecified atom stereocenters. The van der Waals surface area contributed by atoms with E-state index in [1.807, 2.05) is 0 Å². The van der Waals surface area contributed by atoms with E-state index in [2.05, 4.69) is 0 Å². The zero-order chi connectivity index (χ0) is 12.4. The van der Waals surface area contributed by atoms with Crippen molar-refractivity contribution < 1.29 is 23.4 Å². The van der Waals surface area contributed by atoms with E-state index in [0.717, 1.165) is 12.1 Å². The molecule has 17 heavy (non-hydrogen) atoms. The minimum Gasteiger partial charge on any atom is -0.481 e. The van der Waals surface area contributed by atoms with Crippen LogP contribution < -0.4 is 0 Å². The molecule has 2 rings (SSSR count). The van der Waals surface area contributed by atoms with Crippen LogP contribution in [-0.2, 0) is 9.53 Å². The molecule has 1 aliphatic heterocycles. The quantitative estimate of drug-likeness (QED) is 0.866. The van der Waals surface area contributed by atoms with Crippen molar-refractivity contribution in [1.29, 1.82) is 0 Å². The SMILES string of the molecule is O=C(O)C1CCCOC1c1ccc(F)cc1F. The van der Waals surface area contributed by atoms with E-state index in [0.29, 0.717) is 19.4 Å². The van der Waals surface area contributed by atoms with Gasteiger partial charge in [0.05, 0.1) is 12.0 Å². The Hall–Kier alpha value is -1.49. The van der Waals surface area contributed by atoms with Gasteiger partial charge < -0.3 is 9.84 Å². The smallest absolute Gasteiger partial charge is 0.309 e. The lowest BCUT2D eigenvalue weighted by atomic mass is 9.89. The van der Waals surface area contributed by atoms with Crippen LogP contribution in [0.4, 0.5) is 8.78 Å². The van der Waals surface area contributed by atoms with Crippen molar-refractivity contribution in [2.24, 2.45) is 5.92 Å². The van der Waals surface area contributed by atoms with Gasteiger partial charge in [0, 0.05) is 18.2 Å². The van der Waals surface area contributed by atoms with Crippen LogP contribution in [0.2, 0.25) is 0 Å². The Morgan fingerprint density at radius 3 is 2.82 bits per heavy atom. The summed E-state index contributed by atoms with van der Waals surface area (Å²) in [7, 11) is 0. The maximum absolute atomic E-state index is 13.6. The Balaban J connectivity index is 2.32. The molecule has 1 aromatic rings. The molecule has 0 amide bonds. The summed E-state index contributed by atoms with van der Waals surface area (Å²) in [6.07, 6.45) is 0.245. The molecule has 3 nitrogen and oxygen atoms in total. The summed E-state index contributed by atoms with van der Waals surface area (Å²) in [6, 6.07) is 3.10. The fourth-order valence-corrected chi connectivity index (χ4v) is 2.07. The molecule has 0 bridgehead atoms. The number of halogens is 2. The van der Waals surface area contributed by atoms with Gasteiger partial charge in [0.1, 0.15) is 11.6 Å². The van der Waals surface area contributed by atoms with E-state index < -0.39 is 29.6 Å². The number of aliphatic carboxylic acids is 1. The fraction of sp³-hybridized carbons (Fsp3) is 0.417. The molecule has 1 saturated heterocycles. The van der Waals surface area contributed by atoms with Crippen LogP contribution in [0, 0.1) is 17.6 Å². The molecular formula is C12H12F2O3. The minimum atomic E-state index is -1.02. The molecule has 0 saturated carbocycles. The van der Waals surface area contributed by atoms with Gasteiger partial charge in [-0.3, -0.25) is 4.79 Å². The van der Waals surface area contributed by atoms with Gasteiger partial charge in [-0.25, -0.2) is 8.78 Å². The van der Waals surface area contributed by atoms with Crippen LogP contribution in [-0.4, -0.2) is 17.7 Å². The van der Waals surface area contributed by atoms with Crippen molar-refractivity contribution in [3.63, 3.8) is 0 Å². The number of benzene rings is 1. The minimum absolute atomic E-state index is 0.110. The van der Waals surface area contributed by atoms with Crippen molar-refractivity contribution >= 4 is 5.97 Å². The lowest BCUT2D eigenvalue weighted by Crippen LogP contribution is -2.29. The van der Waals surface area contributed by atoms with Crippen LogP contribution in [0.25, 0.3) is 0 Å². The number of hydrogen-bond donors (Lipinski definition) is 1. The van der Waals surface area contributed by atoms with E-state index in [-0.39, 0.29) is 5.56 Å². The van der Waals surface area contributed by atoms with E-state index in [1.54, 1.807) is 0 Å². The van der Waals surface area contributed by atoms with Gasteiger partial charge >= 0.3 is 5.97 Å². The van der Waals surface area contributed by atoms with Gasteiger partial charge in [-0.15, -0.1) is 0 Å². The second-order valence-electron chi connectivity index (χ2n) is 4.04. The van der Waals surface area contributed by atoms with Gasteiger partial charge in [-0.05, 0) is 18.9 Å². The molecule has 0 aliphatic carbocycles. The molecule has 1 aromatic carbocycles. The predicted octanol–water partition coefficient (Wildman–Crippen LogP) is 2.52. The summed E-state index contributed by atoms with van der Waals surface area (Å²) in [5, 5.41) is 9.04. The van der Waals surface area contributed by atoms with Gasteiger partial charge in [0.15, 0.2) is 0 Å². The number of hydrogen-bond acceptors (Lipinski definition) is 2. The normalized spacial score (nSPS) is 24.6. The molecule has 1 aliphatic rings. The van der Waals surface area contributed by atoms with Crippen molar-refractivity contribution in [2.75, 3.05) is 6.61 Å². The van der Waals surface area contributed by atoms with Gasteiger partial charge in [-0.1, -0.05) is 6.07 Å². The fourth-order valence-electron chi connectivity index (χ4n) is 2.07. The highest BCUT2D eigenvalue weighted by atomic mass is 19.1. The first-order valence-corrected chi connectivity index (χ1v) is 5.39. The highest BCUT2D eigenvalue weighted by Gasteiger charge is 2.34. The lowest BCUT2D eigenvalue weighted by molar-refractivity contribution is -0.152. The summed E-state index contributed by atoms with van der Waals surface area (Å²) < 4.78 is 31.6. The molecular weight excluding hydrogens is 230 g/mol.